The molecule has 0 heterocycles. The fraction of sp³-hybridized carbons (Fsp3) is 0.250. The molecule has 8 heavy (non-hydrogen) atoms. The first-order valence-corrected chi connectivity index (χ1v) is 2.18. The van der Waals surface area contributed by atoms with Crippen LogP contribution >= 0.6 is 0 Å². The van der Waals surface area contributed by atoms with Gasteiger partial charge >= 0.3 is 0 Å². The van der Waals surface area contributed by atoms with E-state index in [0.717, 1.165) is 0 Å². The molecule has 0 aromatic rings. The molecule has 0 atom stereocenters. The first kappa shape index (κ1) is 6.97. The topological polar surface area (TPSA) is 76.4 Å². The second kappa shape index (κ2) is 4.14. The summed E-state index contributed by atoms with van der Waals surface area (Å²) in [4.78, 5) is 3.70. The van der Waals surface area contributed by atoms with E-state index < -0.39 is 0 Å². The van der Waals surface area contributed by atoms with E-state index in [1.165, 1.54) is 0 Å². The summed E-state index contributed by atoms with van der Waals surface area (Å²) in [7, 11) is 0. The average Bonchev–Trinajstić information content (AvgIpc) is 1.83. The molecule has 4 nitrogen and oxygen atoms in total. The normalized spacial score (nSPS) is 10.9. The van der Waals surface area contributed by atoms with Gasteiger partial charge in [-0.2, -0.15) is 0 Å². The molecule has 0 radical (unpaired) electrons. The maximum absolute atomic E-state index is 5.13. The van der Waals surface area contributed by atoms with Gasteiger partial charge in [0.15, 0.2) is 0 Å². The lowest BCUT2D eigenvalue weighted by Crippen LogP contribution is -2.37. The van der Waals surface area contributed by atoms with Crippen LogP contribution in [0.3, 0.4) is 0 Å². The highest BCUT2D eigenvalue weighted by atomic mass is 15.3. The first-order chi connectivity index (χ1) is 3.81. The highest BCUT2D eigenvalue weighted by Gasteiger charge is 1.77. The van der Waals surface area contributed by atoms with Gasteiger partial charge in [-0.1, -0.05) is 6.08 Å². The van der Waals surface area contributed by atoms with E-state index >= 15 is 0 Å². The molecule has 0 saturated carbocycles. The summed E-state index contributed by atoms with van der Waals surface area (Å²) in [6, 6.07) is 0. The molecule has 0 aliphatic rings. The second-order valence-corrected chi connectivity index (χ2v) is 1.16. The molecular formula is C4H10N4. The quantitative estimate of drug-likeness (QED) is 0.141. The van der Waals surface area contributed by atoms with Crippen LogP contribution in [0.25, 0.3) is 0 Å². The standard InChI is InChI=1S/C4H10N4/c1-2-3-7-4(5)8-6/h2H,1,3,6H2,(H3,5,7,8). The number of hydrogen-bond donors (Lipinski definition) is 3. The Morgan fingerprint density at radius 1 is 1.88 bits per heavy atom. The van der Waals surface area contributed by atoms with Crippen molar-refractivity contribution in [2.24, 2.45) is 16.6 Å². The van der Waals surface area contributed by atoms with Gasteiger partial charge in [-0.3, -0.25) is 5.43 Å². The van der Waals surface area contributed by atoms with Gasteiger partial charge in [0.2, 0.25) is 5.96 Å². The van der Waals surface area contributed by atoms with E-state index in [1.807, 2.05) is 0 Å². The van der Waals surface area contributed by atoms with Crippen molar-refractivity contribution in [3.8, 4) is 0 Å². The van der Waals surface area contributed by atoms with E-state index in [4.69, 9.17) is 11.6 Å². The first-order valence-electron chi connectivity index (χ1n) is 2.18. The molecule has 0 amide bonds. The van der Waals surface area contributed by atoms with Gasteiger partial charge in [-0.25, -0.2) is 10.8 Å². The Morgan fingerprint density at radius 2 is 2.50 bits per heavy atom. The highest BCUT2D eigenvalue weighted by molar-refractivity contribution is 5.77. The Bertz CT molecular complexity index is 96.2. The summed E-state index contributed by atoms with van der Waals surface area (Å²) >= 11 is 0. The number of rotatable bonds is 2. The van der Waals surface area contributed by atoms with Gasteiger partial charge in [-0.05, 0) is 0 Å². The Balaban J connectivity index is 3.40. The van der Waals surface area contributed by atoms with Crippen LogP contribution in [0.1, 0.15) is 0 Å². The summed E-state index contributed by atoms with van der Waals surface area (Å²) in [5, 5.41) is 0. The summed E-state index contributed by atoms with van der Waals surface area (Å²) in [5.74, 6) is 5.10. The van der Waals surface area contributed by atoms with Crippen molar-refractivity contribution >= 4 is 5.96 Å². The molecular weight excluding hydrogens is 104 g/mol. The summed E-state index contributed by atoms with van der Waals surface area (Å²) in [6.07, 6.45) is 1.63. The number of hydrazine groups is 1. The predicted molar refractivity (Wildman–Crippen MR) is 34.0 cm³/mol. The van der Waals surface area contributed by atoms with E-state index in [1.54, 1.807) is 6.08 Å². The fourth-order valence-electron chi connectivity index (χ4n) is 0.209. The number of nitrogens with two attached hydrogens (primary N) is 2. The van der Waals surface area contributed by atoms with Crippen molar-refractivity contribution < 1.29 is 0 Å². The van der Waals surface area contributed by atoms with Gasteiger partial charge in [-0.15, -0.1) is 6.58 Å². The third-order valence-electron chi connectivity index (χ3n) is 0.539. The molecule has 0 fully saturated rings. The van der Waals surface area contributed by atoms with Crippen molar-refractivity contribution in [2.45, 2.75) is 0 Å². The highest BCUT2D eigenvalue weighted by Crippen LogP contribution is 1.66. The smallest absolute Gasteiger partial charge is 0.203 e. The number of nitrogens with one attached hydrogen (secondary N) is 1. The maximum atomic E-state index is 5.13. The second-order valence-electron chi connectivity index (χ2n) is 1.16. The summed E-state index contributed by atoms with van der Waals surface area (Å²) in [6.45, 7) is 3.93. The van der Waals surface area contributed by atoms with Crippen molar-refractivity contribution in [1.29, 1.82) is 0 Å². The molecule has 0 aromatic heterocycles. The van der Waals surface area contributed by atoms with Crippen LogP contribution in [0.5, 0.6) is 0 Å². The molecule has 0 spiro atoms. The van der Waals surface area contributed by atoms with E-state index in [9.17, 15) is 0 Å². The Hall–Kier alpha value is -1.03. The number of hydrogen-bond acceptors (Lipinski definition) is 2. The van der Waals surface area contributed by atoms with Crippen molar-refractivity contribution in [2.75, 3.05) is 6.54 Å². The van der Waals surface area contributed by atoms with Crippen LogP contribution in [0.15, 0.2) is 17.6 Å². The molecule has 0 aliphatic carbocycles. The Morgan fingerprint density at radius 3 is 2.88 bits per heavy atom. The van der Waals surface area contributed by atoms with Gasteiger partial charge < -0.3 is 5.73 Å². The molecule has 0 rings (SSSR count). The van der Waals surface area contributed by atoms with Crippen LogP contribution in [-0.4, -0.2) is 12.5 Å². The third-order valence-corrected chi connectivity index (χ3v) is 0.539. The Kier molecular flexibility index (Phi) is 3.60. The van der Waals surface area contributed by atoms with Crippen LogP contribution < -0.4 is 17.0 Å². The van der Waals surface area contributed by atoms with E-state index in [-0.39, 0.29) is 5.96 Å². The summed E-state index contributed by atoms with van der Waals surface area (Å²) < 4.78 is 0. The van der Waals surface area contributed by atoms with Crippen LogP contribution in [-0.2, 0) is 0 Å². The van der Waals surface area contributed by atoms with Crippen LogP contribution in [0.4, 0.5) is 0 Å². The van der Waals surface area contributed by atoms with E-state index in [2.05, 4.69) is 17.0 Å². The summed E-state index contributed by atoms with van der Waals surface area (Å²) in [5.41, 5.74) is 7.30. The molecule has 4 heteroatoms. The lowest BCUT2D eigenvalue weighted by Gasteiger charge is -1.93. The maximum Gasteiger partial charge on any atom is 0.203 e. The van der Waals surface area contributed by atoms with Crippen molar-refractivity contribution in [1.82, 2.24) is 5.43 Å². The molecule has 46 valence electrons. The number of aliphatic imine (C=N–C) groups is 1. The monoisotopic (exact) mass is 114 g/mol. The molecule has 5 N–H and O–H groups in total. The van der Waals surface area contributed by atoms with Crippen LogP contribution in [0, 0.1) is 0 Å². The SMILES string of the molecule is C=CCN=C(N)NN. The van der Waals surface area contributed by atoms with Crippen molar-refractivity contribution in [3.63, 3.8) is 0 Å². The van der Waals surface area contributed by atoms with E-state index in [0.29, 0.717) is 6.54 Å². The molecule has 0 aliphatic heterocycles. The minimum Gasteiger partial charge on any atom is -0.369 e. The van der Waals surface area contributed by atoms with Gasteiger partial charge in [0.05, 0.1) is 6.54 Å². The molecule has 0 bridgehead atoms. The third kappa shape index (κ3) is 3.17. The Labute approximate surface area is 48.2 Å². The number of guanidine groups is 1. The van der Waals surface area contributed by atoms with Crippen molar-refractivity contribution in [3.05, 3.63) is 12.7 Å². The predicted octanol–water partition coefficient (Wildman–Crippen LogP) is -1.05. The molecule has 0 unspecified atom stereocenters. The zero-order valence-corrected chi connectivity index (χ0v) is 4.59. The van der Waals surface area contributed by atoms with Gasteiger partial charge in [0.1, 0.15) is 0 Å². The fourth-order valence-corrected chi connectivity index (χ4v) is 0.209. The lowest BCUT2D eigenvalue weighted by atomic mass is 10.6. The molecule has 0 saturated heterocycles. The largest absolute Gasteiger partial charge is 0.369 e. The molecule has 0 aromatic carbocycles. The zero-order chi connectivity index (χ0) is 6.41. The number of nitrogens with zero attached hydrogens (tertiary/aromatic N) is 1. The minimum atomic E-state index is 0.227. The minimum absolute atomic E-state index is 0.227. The van der Waals surface area contributed by atoms with Crippen LogP contribution in [0.2, 0.25) is 0 Å². The average molecular weight is 114 g/mol. The van der Waals surface area contributed by atoms with Gasteiger partial charge in [0.25, 0.3) is 0 Å². The van der Waals surface area contributed by atoms with Gasteiger partial charge in [0, 0.05) is 0 Å². The zero-order valence-electron chi connectivity index (χ0n) is 4.59. The lowest BCUT2D eigenvalue weighted by molar-refractivity contribution is 0.989.